The summed E-state index contributed by atoms with van der Waals surface area (Å²) in [6.45, 7) is 0. The molecule has 0 unspecified atom stereocenters. The van der Waals surface area contributed by atoms with Crippen LogP contribution < -0.4 is 4.74 Å². The van der Waals surface area contributed by atoms with Gasteiger partial charge in [-0.05, 0) is 60.7 Å². The van der Waals surface area contributed by atoms with Gasteiger partial charge in [-0.25, -0.2) is 4.98 Å². The molecule has 0 radical (unpaired) electrons. The van der Waals surface area contributed by atoms with Crippen LogP contribution in [0.2, 0.25) is 0 Å². The van der Waals surface area contributed by atoms with Crippen molar-refractivity contribution in [2.24, 2.45) is 0 Å². The summed E-state index contributed by atoms with van der Waals surface area (Å²) in [5, 5.41) is 0. The zero-order valence-electron chi connectivity index (χ0n) is 14.7. The first-order chi connectivity index (χ1) is 13.3. The summed E-state index contributed by atoms with van der Waals surface area (Å²) in [7, 11) is 1.68. The van der Waals surface area contributed by atoms with Gasteiger partial charge in [0.05, 0.1) is 33.6 Å². The third-order valence-corrected chi connectivity index (χ3v) is 5.70. The van der Waals surface area contributed by atoms with Crippen LogP contribution >= 0.6 is 11.3 Å². The number of ether oxygens (including phenoxy) is 1. The van der Waals surface area contributed by atoms with Gasteiger partial charge in [0.15, 0.2) is 0 Å². The van der Waals surface area contributed by atoms with E-state index in [1.165, 1.54) is 4.88 Å². The van der Waals surface area contributed by atoms with Crippen molar-refractivity contribution in [3.63, 3.8) is 0 Å². The van der Waals surface area contributed by atoms with Gasteiger partial charge in [0.2, 0.25) is 0 Å². The van der Waals surface area contributed by atoms with Crippen molar-refractivity contribution in [3.05, 3.63) is 79.0 Å². The molecule has 4 nitrogen and oxygen atoms in total. The third kappa shape index (κ3) is 2.82. The Morgan fingerprint density at radius 3 is 2.52 bits per heavy atom. The molecule has 5 heteroatoms. The molecule has 1 N–H and O–H groups in total. The fourth-order valence-corrected chi connectivity index (χ4v) is 4.20. The summed E-state index contributed by atoms with van der Waals surface area (Å²) < 4.78 is 7.45. The molecular weight excluding hydrogens is 354 g/mol. The molecule has 0 bridgehead atoms. The molecule has 0 aliphatic carbocycles. The first-order valence-electron chi connectivity index (χ1n) is 8.69. The highest BCUT2D eigenvalue weighted by Crippen LogP contribution is 2.35. The number of methoxy groups -OCH3 is 1. The van der Waals surface area contributed by atoms with Gasteiger partial charge in [-0.15, -0.1) is 11.3 Å². The highest BCUT2D eigenvalue weighted by atomic mass is 32.1. The van der Waals surface area contributed by atoms with Crippen molar-refractivity contribution in [1.29, 1.82) is 0 Å². The molecule has 0 fully saturated rings. The number of H-pyrrole nitrogens is 1. The molecule has 2 aromatic carbocycles. The Morgan fingerprint density at radius 1 is 0.889 bits per heavy atom. The fourth-order valence-electron chi connectivity index (χ4n) is 3.22. The number of hydrogen-bond donors (Lipinski definition) is 1. The Balaban J connectivity index is 1.52. The normalized spacial score (nSPS) is 11.1. The van der Waals surface area contributed by atoms with Gasteiger partial charge >= 0.3 is 0 Å². The van der Waals surface area contributed by atoms with Crippen LogP contribution in [0.5, 0.6) is 5.75 Å². The van der Waals surface area contributed by atoms with E-state index in [2.05, 4.69) is 58.2 Å². The zero-order valence-corrected chi connectivity index (χ0v) is 15.5. The van der Waals surface area contributed by atoms with Crippen LogP contribution in [-0.4, -0.2) is 21.6 Å². The van der Waals surface area contributed by atoms with Gasteiger partial charge < -0.3 is 14.3 Å². The lowest BCUT2D eigenvalue weighted by Gasteiger charge is -2.09. The summed E-state index contributed by atoms with van der Waals surface area (Å²) in [5.41, 5.74) is 4.31. The number of nitrogens with one attached hydrogen (secondary N) is 1. The SMILES string of the molecule is COc1ccc(-n2cccc2-c2ccc(-c3nc4ccccc4[nH]3)s2)cc1. The number of benzene rings is 2. The molecule has 3 heterocycles. The minimum Gasteiger partial charge on any atom is -0.497 e. The largest absolute Gasteiger partial charge is 0.497 e. The van der Waals surface area contributed by atoms with E-state index in [0.29, 0.717) is 0 Å². The highest BCUT2D eigenvalue weighted by Gasteiger charge is 2.12. The van der Waals surface area contributed by atoms with Gasteiger partial charge in [-0.3, -0.25) is 0 Å². The number of aromatic nitrogens is 3. The number of hydrogen-bond acceptors (Lipinski definition) is 3. The van der Waals surface area contributed by atoms with Gasteiger partial charge in [0, 0.05) is 11.9 Å². The van der Waals surface area contributed by atoms with Crippen LogP contribution in [-0.2, 0) is 0 Å². The Labute approximate surface area is 160 Å². The molecule has 27 heavy (non-hydrogen) atoms. The van der Waals surface area contributed by atoms with Crippen LogP contribution in [0, 0.1) is 0 Å². The Kier molecular flexibility index (Phi) is 3.80. The standard InChI is InChI=1S/C22H17N3OS/c1-26-16-10-8-15(9-11-16)25-14-4-7-19(25)20-12-13-21(27-20)22-23-17-5-2-3-6-18(17)24-22/h2-14H,1H3,(H,23,24). The number of fused-ring (bicyclic) bond motifs is 1. The molecule has 0 atom stereocenters. The van der Waals surface area contributed by atoms with Crippen LogP contribution in [0.1, 0.15) is 0 Å². The first-order valence-corrected chi connectivity index (χ1v) is 9.50. The molecule has 0 saturated heterocycles. The van der Waals surface area contributed by atoms with E-state index >= 15 is 0 Å². The Bertz CT molecular complexity index is 1180. The summed E-state index contributed by atoms with van der Waals surface area (Å²) in [6, 6.07) is 24.7. The quantitative estimate of drug-likeness (QED) is 0.436. The monoisotopic (exact) mass is 371 g/mol. The highest BCUT2D eigenvalue weighted by molar-refractivity contribution is 7.18. The van der Waals surface area contributed by atoms with Gasteiger partial charge in [-0.1, -0.05) is 12.1 Å². The minimum atomic E-state index is 0.857. The minimum absolute atomic E-state index is 0.857. The predicted molar refractivity (Wildman–Crippen MR) is 111 cm³/mol. The van der Waals surface area contributed by atoms with E-state index in [4.69, 9.17) is 9.72 Å². The van der Waals surface area contributed by atoms with E-state index in [-0.39, 0.29) is 0 Å². The summed E-state index contributed by atoms with van der Waals surface area (Å²) in [5.74, 6) is 1.77. The van der Waals surface area contributed by atoms with E-state index in [9.17, 15) is 0 Å². The predicted octanol–water partition coefficient (Wildman–Crippen LogP) is 5.76. The number of para-hydroxylation sites is 2. The van der Waals surface area contributed by atoms with Crippen molar-refractivity contribution < 1.29 is 4.74 Å². The molecular formula is C22H17N3OS. The lowest BCUT2D eigenvalue weighted by molar-refractivity contribution is 0.415. The Hall–Kier alpha value is -3.31. The van der Waals surface area contributed by atoms with Crippen molar-refractivity contribution in [3.8, 4) is 32.7 Å². The van der Waals surface area contributed by atoms with Crippen LogP contribution in [0.15, 0.2) is 79.0 Å². The summed E-state index contributed by atoms with van der Waals surface area (Å²) >= 11 is 1.74. The molecule has 5 rings (SSSR count). The van der Waals surface area contributed by atoms with Crippen molar-refractivity contribution in [2.75, 3.05) is 7.11 Å². The van der Waals surface area contributed by atoms with Crippen LogP contribution in [0.3, 0.4) is 0 Å². The van der Waals surface area contributed by atoms with Gasteiger partial charge in [0.25, 0.3) is 0 Å². The summed E-state index contributed by atoms with van der Waals surface area (Å²) in [6.07, 6.45) is 2.08. The Morgan fingerprint density at radius 2 is 1.70 bits per heavy atom. The van der Waals surface area contributed by atoms with E-state index in [0.717, 1.165) is 38.9 Å². The van der Waals surface area contributed by atoms with Crippen molar-refractivity contribution in [1.82, 2.24) is 14.5 Å². The maximum Gasteiger partial charge on any atom is 0.148 e. The first kappa shape index (κ1) is 15.9. The lowest BCUT2D eigenvalue weighted by atomic mass is 10.2. The average Bonchev–Trinajstić information content (AvgIpc) is 3.45. The second-order valence-electron chi connectivity index (χ2n) is 6.23. The van der Waals surface area contributed by atoms with E-state index < -0.39 is 0 Å². The smallest absolute Gasteiger partial charge is 0.148 e. The van der Waals surface area contributed by atoms with Crippen molar-refractivity contribution in [2.45, 2.75) is 0 Å². The average molecular weight is 371 g/mol. The lowest BCUT2D eigenvalue weighted by Crippen LogP contribution is -1.94. The fraction of sp³-hybridized carbons (Fsp3) is 0.0455. The number of imidazole rings is 1. The molecule has 132 valence electrons. The third-order valence-electron chi connectivity index (χ3n) is 4.58. The maximum absolute atomic E-state index is 5.26. The van der Waals surface area contributed by atoms with Crippen molar-refractivity contribution >= 4 is 22.4 Å². The second-order valence-corrected chi connectivity index (χ2v) is 7.31. The number of nitrogens with zero attached hydrogens (tertiary/aromatic N) is 2. The molecule has 5 aromatic rings. The number of rotatable bonds is 4. The van der Waals surface area contributed by atoms with Crippen LogP contribution in [0.4, 0.5) is 0 Å². The van der Waals surface area contributed by atoms with Gasteiger partial charge in [0.1, 0.15) is 11.6 Å². The van der Waals surface area contributed by atoms with E-state index in [1.807, 2.05) is 30.3 Å². The molecule has 0 aliphatic rings. The molecule has 0 aliphatic heterocycles. The molecule has 0 spiro atoms. The van der Waals surface area contributed by atoms with E-state index in [1.54, 1.807) is 18.4 Å². The summed E-state index contributed by atoms with van der Waals surface area (Å²) in [4.78, 5) is 10.4. The second kappa shape index (κ2) is 6.45. The molecule has 3 aromatic heterocycles. The maximum atomic E-state index is 5.26. The molecule has 0 amide bonds. The number of aromatic amines is 1. The number of thiophene rings is 1. The zero-order chi connectivity index (χ0) is 18.2. The molecule has 0 saturated carbocycles. The van der Waals surface area contributed by atoms with Crippen LogP contribution in [0.25, 0.3) is 38.0 Å². The topological polar surface area (TPSA) is 42.8 Å². The van der Waals surface area contributed by atoms with Gasteiger partial charge in [-0.2, -0.15) is 0 Å².